The summed E-state index contributed by atoms with van der Waals surface area (Å²) in [6, 6.07) is 7.96. The summed E-state index contributed by atoms with van der Waals surface area (Å²) in [5, 5.41) is 0.700. The van der Waals surface area contributed by atoms with Gasteiger partial charge in [-0.05, 0) is 31.4 Å². The summed E-state index contributed by atoms with van der Waals surface area (Å²) in [4.78, 5) is 11.9. The van der Waals surface area contributed by atoms with Crippen LogP contribution in [0.15, 0.2) is 35.2 Å². The molecule has 0 spiro atoms. The normalized spacial score (nSPS) is 18.6. The Labute approximate surface area is 133 Å². The molecule has 4 nitrogen and oxygen atoms in total. The molecule has 1 unspecified atom stereocenters. The minimum atomic E-state index is -3.72. The Morgan fingerprint density at radius 3 is 2.67 bits per heavy atom. The van der Waals surface area contributed by atoms with Gasteiger partial charge in [0.2, 0.25) is 5.91 Å². The molecule has 1 aliphatic heterocycles. The molecule has 0 saturated carbocycles. The molecule has 1 atom stereocenters. The largest absolute Gasteiger partial charge is 0.274 e. The SMILES string of the molecule is O=C(CCCCC1CCSS1)NS(=O)(=O)c1ccccc1. The summed E-state index contributed by atoms with van der Waals surface area (Å²) in [7, 11) is 0.120. The van der Waals surface area contributed by atoms with E-state index in [0.29, 0.717) is 5.25 Å². The third kappa shape index (κ3) is 5.56. The molecule has 1 saturated heterocycles. The molecule has 116 valence electrons. The molecule has 1 aromatic rings. The third-order valence-corrected chi connectivity index (χ3v) is 7.60. The van der Waals surface area contributed by atoms with E-state index in [4.69, 9.17) is 0 Å². The number of rotatable bonds is 7. The first-order chi connectivity index (χ1) is 10.1. The van der Waals surface area contributed by atoms with E-state index in [1.165, 1.54) is 24.3 Å². The number of benzene rings is 1. The quantitative estimate of drug-likeness (QED) is 0.607. The van der Waals surface area contributed by atoms with E-state index in [0.717, 1.165) is 19.3 Å². The zero-order valence-corrected chi connectivity index (χ0v) is 14.1. The van der Waals surface area contributed by atoms with Crippen molar-refractivity contribution in [3.63, 3.8) is 0 Å². The lowest BCUT2D eigenvalue weighted by atomic mass is 10.1. The second-order valence-electron chi connectivity index (χ2n) is 4.92. The lowest BCUT2D eigenvalue weighted by Gasteiger charge is -2.08. The van der Waals surface area contributed by atoms with Crippen molar-refractivity contribution >= 4 is 37.5 Å². The number of carbonyl (C=O) groups is 1. The summed E-state index contributed by atoms with van der Waals surface area (Å²) in [5.74, 6) is 0.790. The van der Waals surface area contributed by atoms with Gasteiger partial charge in [0.1, 0.15) is 0 Å². The van der Waals surface area contributed by atoms with Crippen molar-refractivity contribution in [2.75, 3.05) is 5.75 Å². The molecule has 0 aliphatic carbocycles. The lowest BCUT2D eigenvalue weighted by Crippen LogP contribution is -2.30. The molecule has 0 aromatic heterocycles. The zero-order chi connectivity index (χ0) is 15.1. The van der Waals surface area contributed by atoms with Crippen molar-refractivity contribution in [2.24, 2.45) is 0 Å². The molecule has 1 N–H and O–H groups in total. The van der Waals surface area contributed by atoms with Crippen molar-refractivity contribution < 1.29 is 13.2 Å². The third-order valence-electron chi connectivity index (χ3n) is 3.21. The van der Waals surface area contributed by atoms with Crippen LogP contribution < -0.4 is 4.72 Å². The maximum absolute atomic E-state index is 11.9. The second kappa shape index (κ2) is 8.10. The summed E-state index contributed by atoms with van der Waals surface area (Å²) < 4.78 is 26.0. The molecule has 0 bridgehead atoms. The van der Waals surface area contributed by atoms with E-state index in [-0.39, 0.29) is 11.3 Å². The number of hydrogen-bond acceptors (Lipinski definition) is 5. The van der Waals surface area contributed by atoms with Crippen molar-refractivity contribution in [1.82, 2.24) is 4.72 Å². The summed E-state index contributed by atoms with van der Waals surface area (Å²) >= 11 is 0. The van der Waals surface area contributed by atoms with Crippen LogP contribution in [-0.2, 0) is 14.8 Å². The highest BCUT2D eigenvalue weighted by molar-refractivity contribution is 8.77. The fourth-order valence-electron chi connectivity index (χ4n) is 2.08. The van der Waals surface area contributed by atoms with Crippen LogP contribution in [0, 0.1) is 0 Å². The fraction of sp³-hybridized carbons (Fsp3) is 0.500. The Balaban J connectivity index is 1.71. The van der Waals surface area contributed by atoms with Gasteiger partial charge < -0.3 is 0 Å². The van der Waals surface area contributed by atoms with E-state index in [1.807, 2.05) is 21.6 Å². The molecule has 1 aromatic carbocycles. The summed E-state index contributed by atoms with van der Waals surface area (Å²) in [6.07, 6.45) is 4.31. The predicted molar refractivity (Wildman–Crippen MR) is 88.7 cm³/mol. The van der Waals surface area contributed by atoms with Gasteiger partial charge in [-0.25, -0.2) is 13.1 Å². The molecule has 0 radical (unpaired) electrons. The molecule has 7 heteroatoms. The Morgan fingerprint density at radius 2 is 2.00 bits per heavy atom. The topological polar surface area (TPSA) is 63.2 Å². The number of nitrogens with one attached hydrogen (secondary N) is 1. The highest BCUT2D eigenvalue weighted by atomic mass is 33.1. The van der Waals surface area contributed by atoms with Crippen molar-refractivity contribution in [2.45, 2.75) is 42.2 Å². The van der Waals surface area contributed by atoms with Gasteiger partial charge in [-0.15, -0.1) is 0 Å². The standard InChI is InChI=1S/C14H19NO3S3/c16-14(9-5-4-6-12-10-11-19-20-12)15-21(17,18)13-7-2-1-3-8-13/h1-3,7-8,12H,4-6,9-11H2,(H,15,16). The van der Waals surface area contributed by atoms with Gasteiger partial charge in [-0.1, -0.05) is 46.2 Å². The molecule has 1 fully saturated rings. The Bertz CT molecular complexity index is 554. The number of sulfonamides is 1. The smallest absolute Gasteiger partial charge is 0.264 e. The Morgan fingerprint density at radius 1 is 1.24 bits per heavy atom. The molecule has 1 amide bonds. The van der Waals surface area contributed by atoms with Gasteiger partial charge in [0.15, 0.2) is 0 Å². The van der Waals surface area contributed by atoms with Crippen LogP contribution in [0.2, 0.25) is 0 Å². The predicted octanol–water partition coefficient (Wildman–Crippen LogP) is 3.21. The Hall–Kier alpha value is -0.660. The molecular formula is C14H19NO3S3. The van der Waals surface area contributed by atoms with Crippen LogP contribution in [0.5, 0.6) is 0 Å². The minimum Gasteiger partial charge on any atom is -0.274 e. The van der Waals surface area contributed by atoms with E-state index in [1.54, 1.807) is 18.2 Å². The van der Waals surface area contributed by atoms with Crippen molar-refractivity contribution in [1.29, 1.82) is 0 Å². The molecular weight excluding hydrogens is 326 g/mol. The first kappa shape index (κ1) is 16.7. The van der Waals surface area contributed by atoms with Crippen LogP contribution in [0.25, 0.3) is 0 Å². The van der Waals surface area contributed by atoms with Crippen LogP contribution >= 0.6 is 21.6 Å². The lowest BCUT2D eigenvalue weighted by molar-refractivity contribution is -0.119. The zero-order valence-electron chi connectivity index (χ0n) is 11.7. The number of unbranched alkanes of at least 4 members (excludes halogenated alkanes) is 1. The average Bonchev–Trinajstić information content (AvgIpc) is 2.97. The molecule has 2 rings (SSSR count). The van der Waals surface area contributed by atoms with E-state index >= 15 is 0 Å². The van der Waals surface area contributed by atoms with Crippen LogP contribution in [0.3, 0.4) is 0 Å². The van der Waals surface area contributed by atoms with E-state index < -0.39 is 15.9 Å². The Kier molecular flexibility index (Phi) is 6.44. The maximum atomic E-state index is 11.9. The van der Waals surface area contributed by atoms with E-state index in [2.05, 4.69) is 4.72 Å². The molecule has 1 aliphatic rings. The van der Waals surface area contributed by atoms with Gasteiger partial charge in [0.25, 0.3) is 10.0 Å². The molecule has 1 heterocycles. The first-order valence-electron chi connectivity index (χ1n) is 6.97. The number of hydrogen-bond donors (Lipinski definition) is 1. The van der Waals surface area contributed by atoms with Crippen molar-refractivity contribution in [3.05, 3.63) is 30.3 Å². The highest BCUT2D eigenvalue weighted by Gasteiger charge is 2.18. The van der Waals surface area contributed by atoms with Gasteiger partial charge in [0.05, 0.1) is 4.90 Å². The minimum absolute atomic E-state index is 0.123. The fourth-order valence-corrected chi connectivity index (χ4v) is 6.14. The van der Waals surface area contributed by atoms with Crippen molar-refractivity contribution in [3.8, 4) is 0 Å². The van der Waals surface area contributed by atoms with Gasteiger partial charge in [0, 0.05) is 17.4 Å². The average molecular weight is 346 g/mol. The summed E-state index contributed by atoms with van der Waals surface area (Å²) in [6.45, 7) is 0. The highest BCUT2D eigenvalue weighted by Crippen LogP contribution is 2.39. The second-order valence-corrected chi connectivity index (χ2v) is 9.39. The van der Waals surface area contributed by atoms with Crippen LogP contribution in [0.4, 0.5) is 0 Å². The number of carbonyl (C=O) groups excluding carboxylic acids is 1. The summed E-state index contributed by atoms with van der Waals surface area (Å²) in [5.41, 5.74) is 0. The van der Waals surface area contributed by atoms with Gasteiger partial charge in [-0.2, -0.15) is 0 Å². The van der Waals surface area contributed by atoms with Gasteiger partial charge in [-0.3, -0.25) is 4.79 Å². The monoisotopic (exact) mass is 345 g/mol. The number of amides is 1. The molecule has 21 heavy (non-hydrogen) atoms. The first-order valence-corrected chi connectivity index (χ1v) is 10.8. The van der Waals surface area contributed by atoms with Crippen LogP contribution in [-0.4, -0.2) is 25.3 Å². The van der Waals surface area contributed by atoms with Crippen LogP contribution in [0.1, 0.15) is 32.1 Å². The van der Waals surface area contributed by atoms with E-state index in [9.17, 15) is 13.2 Å². The maximum Gasteiger partial charge on any atom is 0.264 e. The van der Waals surface area contributed by atoms with Gasteiger partial charge >= 0.3 is 0 Å².